The molecule has 0 spiro atoms. The summed E-state index contributed by atoms with van der Waals surface area (Å²) in [6, 6.07) is 0. The lowest BCUT2D eigenvalue weighted by atomic mass is 9.76. The molecule has 1 aliphatic carbocycles. The van der Waals surface area contributed by atoms with E-state index in [2.05, 4.69) is 53.7 Å². The van der Waals surface area contributed by atoms with Crippen molar-refractivity contribution in [2.45, 2.75) is 138 Å². The van der Waals surface area contributed by atoms with Crippen molar-refractivity contribution in [3.05, 3.63) is 23.3 Å². The smallest absolute Gasteiger partial charge is 0.306 e. The van der Waals surface area contributed by atoms with Crippen molar-refractivity contribution in [1.29, 1.82) is 0 Å². The van der Waals surface area contributed by atoms with Gasteiger partial charge in [0.15, 0.2) is 0 Å². The summed E-state index contributed by atoms with van der Waals surface area (Å²) in [5.74, 6) is 1.04. The van der Waals surface area contributed by atoms with Crippen molar-refractivity contribution in [3.8, 4) is 0 Å². The Balaban J connectivity index is 2.32. The summed E-state index contributed by atoms with van der Waals surface area (Å²) in [6.07, 6.45) is 17.6. The van der Waals surface area contributed by atoms with Gasteiger partial charge in [-0.05, 0) is 87.5 Å². The first-order valence-electron chi connectivity index (χ1n) is 14.9. The molecule has 36 heavy (non-hydrogen) atoms. The van der Waals surface area contributed by atoms with Crippen molar-refractivity contribution in [1.82, 2.24) is 0 Å². The highest BCUT2D eigenvalue weighted by molar-refractivity contribution is 5.69. The number of hydrogen-bond acceptors (Lipinski definition) is 3. The molecule has 0 saturated heterocycles. The van der Waals surface area contributed by atoms with Crippen LogP contribution in [0, 0.1) is 29.6 Å². The highest BCUT2D eigenvalue weighted by atomic mass is 16.5. The highest BCUT2D eigenvalue weighted by Crippen LogP contribution is 2.35. The minimum absolute atomic E-state index is 0.162. The number of aliphatic hydroxyl groups is 1. The second kappa shape index (κ2) is 18.2. The van der Waals surface area contributed by atoms with E-state index in [0.717, 1.165) is 58.0 Å². The van der Waals surface area contributed by atoms with Crippen LogP contribution in [0.5, 0.6) is 0 Å². The fraction of sp³-hybridized carbons (Fsp3) is 0.844. The molecule has 2 N–H and O–H groups in total. The Morgan fingerprint density at radius 3 is 2.33 bits per heavy atom. The van der Waals surface area contributed by atoms with Gasteiger partial charge in [0.25, 0.3) is 0 Å². The first-order chi connectivity index (χ1) is 17.1. The molecule has 7 unspecified atom stereocenters. The molecule has 0 aromatic rings. The van der Waals surface area contributed by atoms with Crippen LogP contribution in [0.2, 0.25) is 0 Å². The Labute approximate surface area is 223 Å². The number of allylic oxidation sites excluding steroid dienone is 2. The first-order valence-corrected chi connectivity index (χ1v) is 14.9. The van der Waals surface area contributed by atoms with Gasteiger partial charge < -0.3 is 14.9 Å². The van der Waals surface area contributed by atoms with E-state index in [-0.39, 0.29) is 24.0 Å². The minimum atomic E-state index is -0.676. The van der Waals surface area contributed by atoms with E-state index in [9.17, 15) is 9.90 Å². The van der Waals surface area contributed by atoms with Gasteiger partial charge in [-0.3, -0.25) is 4.79 Å². The average Bonchev–Trinajstić information content (AvgIpc) is 2.82. The minimum Gasteiger partial charge on any atom is -0.481 e. The van der Waals surface area contributed by atoms with E-state index in [1.165, 1.54) is 36.8 Å². The molecule has 0 aliphatic heterocycles. The van der Waals surface area contributed by atoms with Crippen LogP contribution in [0.3, 0.4) is 0 Å². The number of carboxylic acid groups (broad SMARTS) is 1. The molecule has 0 aromatic carbocycles. The Hall–Kier alpha value is -1.13. The summed E-state index contributed by atoms with van der Waals surface area (Å²) in [4.78, 5) is 10.9. The SMILES string of the molecule is CCCCOC1C(CCC(C)CCCC(C)=CCCC(C)CCCC(C)C(=O)O)=CC(O)C(C)C1C. The summed E-state index contributed by atoms with van der Waals surface area (Å²) < 4.78 is 6.30. The zero-order valence-corrected chi connectivity index (χ0v) is 24.6. The van der Waals surface area contributed by atoms with Crippen molar-refractivity contribution in [2.24, 2.45) is 29.6 Å². The van der Waals surface area contributed by atoms with Gasteiger partial charge in [-0.2, -0.15) is 0 Å². The fourth-order valence-electron chi connectivity index (χ4n) is 5.27. The van der Waals surface area contributed by atoms with E-state index in [4.69, 9.17) is 9.84 Å². The number of ether oxygens (including phenoxy) is 1. The van der Waals surface area contributed by atoms with Gasteiger partial charge in [0, 0.05) is 6.61 Å². The number of rotatable bonds is 19. The maximum absolute atomic E-state index is 10.9. The van der Waals surface area contributed by atoms with Crippen LogP contribution in [-0.2, 0) is 9.53 Å². The van der Waals surface area contributed by atoms with E-state index >= 15 is 0 Å². The van der Waals surface area contributed by atoms with Gasteiger partial charge in [-0.15, -0.1) is 0 Å². The molecule has 4 heteroatoms. The maximum Gasteiger partial charge on any atom is 0.306 e. The fourth-order valence-corrected chi connectivity index (χ4v) is 5.27. The molecule has 0 saturated carbocycles. The molecule has 0 bridgehead atoms. The number of hydrogen-bond donors (Lipinski definition) is 2. The molecular formula is C32H58O4. The quantitative estimate of drug-likeness (QED) is 0.136. The van der Waals surface area contributed by atoms with Gasteiger partial charge in [0.05, 0.1) is 18.1 Å². The normalized spacial score (nSPS) is 25.3. The molecule has 1 rings (SSSR count). The van der Waals surface area contributed by atoms with Crippen molar-refractivity contribution in [3.63, 3.8) is 0 Å². The summed E-state index contributed by atoms with van der Waals surface area (Å²) >= 11 is 0. The van der Waals surface area contributed by atoms with Crippen LogP contribution in [0.1, 0.15) is 126 Å². The van der Waals surface area contributed by atoms with E-state index in [1.54, 1.807) is 6.92 Å². The molecule has 0 fully saturated rings. The Bertz CT molecular complexity index is 667. The maximum atomic E-state index is 10.9. The van der Waals surface area contributed by atoms with Crippen LogP contribution >= 0.6 is 0 Å². The third kappa shape index (κ3) is 12.9. The number of aliphatic carboxylic acids is 1. The summed E-state index contributed by atoms with van der Waals surface area (Å²) in [6.45, 7) is 16.1. The average molecular weight is 507 g/mol. The topological polar surface area (TPSA) is 66.8 Å². The van der Waals surface area contributed by atoms with Gasteiger partial charge in [0.2, 0.25) is 0 Å². The Morgan fingerprint density at radius 2 is 1.67 bits per heavy atom. The number of aliphatic hydroxyl groups excluding tert-OH is 1. The van der Waals surface area contributed by atoms with Crippen molar-refractivity contribution >= 4 is 5.97 Å². The Kier molecular flexibility index (Phi) is 16.6. The third-order valence-electron chi connectivity index (χ3n) is 8.49. The second-order valence-electron chi connectivity index (χ2n) is 12.0. The van der Waals surface area contributed by atoms with Gasteiger partial charge in [-0.1, -0.05) is 85.0 Å². The van der Waals surface area contributed by atoms with Crippen LogP contribution < -0.4 is 0 Å². The monoisotopic (exact) mass is 506 g/mol. The predicted molar refractivity (Wildman–Crippen MR) is 152 cm³/mol. The lowest BCUT2D eigenvalue weighted by molar-refractivity contribution is -0.141. The van der Waals surface area contributed by atoms with Crippen LogP contribution in [-0.4, -0.2) is 35.0 Å². The molecule has 210 valence electrons. The van der Waals surface area contributed by atoms with Crippen LogP contribution in [0.25, 0.3) is 0 Å². The van der Waals surface area contributed by atoms with Crippen LogP contribution in [0.4, 0.5) is 0 Å². The lowest BCUT2D eigenvalue weighted by Gasteiger charge is -2.37. The zero-order valence-electron chi connectivity index (χ0n) is 24.6. The molecule has 1 aliphatic rings. The van der Waals surface area contributed by atoms with E-state index in [1.807, 2.05) is 0 Å². The van der Waals surface area contributed by atoms with Gasteiger partial charge >= 0.3 is 5.97 Å². The standard InChI is InChI=1S/C32H58O4/c1-8-9-21-36-31-28(7)27(6)30(33)22-29(31)20-19-25(4)16-11-15-23(2)13-10-14-24(3)17-12-18-26(5)32(34)35/h13,22,24-28,30-31,33H,8-12,14-21H2,1-7H3,(H,34,35). The van der Waals surface area contributed by atoms with E-state index in [0.29, 0.717) is 17.8 Å². The first kappa shape index (κ1) is 32.9. The van der Waals surface area contributed by atoms with Gasteiger partial charge in [0.1, 0.15) is 0 Å². The molecule has 0 aromatic heterocycles. The lowest BCUT2D eigenvalue weighted by Crippen LogP contribution is -2.39. The summed E-state index contributed by atoms with van der Waals surface area (Å²) in [5, 5.41) is 19.5. The molecule has 4 nitrogen and oxygen atoms in total. The molecule has 0 amide bonds. The van der Waals surface area contributed by atoms with E-state index < -0.39 is 5.97 Å². The highest BCUT2D eigenvalue weighted by Gasteiger charge is 2.34. The molecular weight excluding hydrogens is 448 g/mol. The Morgan fingerprint density at radius 1 is 1.00 bits per heavy atom. The third-order valence-corrected chi connectivity index (χ3v) is 8.49. The number of carbonyl (C=O) groups is 1. The molecule has 0 heterocycles. The largest absolute Gasteiger partial charge is 0.481 e. The van der Waals surface area contributed by atoms with Crippen LogP contribution in [0.15, 0.2) is 23.3 Å². The summed E-state index contributed by atoms with van der Waals surface area (Å²) in [5.41, 5.74) is 2.82. The van der Waals surface area contributed by atoms with Crippen molar-refractivity contribution < 1.29 is 19.7 Å². The predicted octanol–water partition coefficient (Wildman–Crippen LogP) is 8.59. The zero-order chi connectivity index (χ0) is 27.1. The van der Waals surface area contributed by atoms with Crippen molar-refractivity contribution in [2.75, 3.05) is 6.61 Å². The molecule has 0 radical (unpaired) electrons. The second-order valence-corrected chi connectivity index (χ2v) is 12.0. The summed E-state index contributed by atoms with van der Waals surface area (Å²) in [7, 11) is 0. The number of carboxylic acids is 1. The number of unbranched alkanes of at least 4 members (excludes halogenated alkanes) is 1. The molecule has 7 atom stereocenters. The van der Waals surface area contributed by atoms with Gasteiger partial charge in [-0.25, -0.2) is 0 Å².